The van der Waals surface area contributed by atoms with Crippen molar-refractivity contribution in [1.82, 2.24) is 14.7 Å². The van der Waals surface area contributed by atoms with Crippen molar-refractivity contribution in [2.24, 2.45) is 5.92 Å². The zero-order chi connectivity index (χ0) is 23.0. The minimum atomic E-state index is -0.272. The minimum Gasteiger partial charge on any atom is -0.340 e. The van der Waals surface area contributed by atoms with E-state index in [1.54, 1.807) is 12.1 Å². The molecule has 6 heteroatoms. The van der Waals surface area contributed by atoms with Crippen molar-refractivity contribution >= 4 is 11.8 Å². The summed E-state index contributed by atoms with van der Waals surface area (Å²) in [5.41, 5.74) is 1.91. The van der Waals surface area contributed by atoms with E-state index in [1.165, 1.54) is 25.0 Å². The number of amides is 2. The fraction of sp³-hybridized carbons (Fsp3) is 0.481. The lowest BCUT2D eigenvalue weighted by atomic mass is 10.1. The van der Waals surface area contributed by atoms with E-state index < -0.39 is 0 Å². The molecule has 2 aromatic carbocycles. The number of piperazine rings is 1. The maximum Gasteiger partial charge on any atom is 0.227 e. The van der Waals surface area contributed by atoms with Crippen molar-refractivity contribution in [2.45, 2.75) is 38.6 Å². The SMILES string of the molecule is O=C(Cc1ccccc1)N(CCN1CCN(C(=O)C2CCCC2)CC1)Cc1ccc(F)cc1. The van der Waals surface area contributed by atoms with Gasteiger partial charge < -0.3 is 9.80 Å². The summed E-state index contributed by atoms with van der Waals surface area (Å²) in [5, 5.41) is 0. The van der Waals surface area contributed by atoms with Crippen molar-refractivity contribution in [3.63, 3.8) is 0 Å². The van der Waals surface area contributed by atoms with Crippen LogP contribution in [0, 0.1) is 11.7 Å². The fourth-order valence-electron chi connectivity index (χ4n) is 4.87. The number of nitrogens with zero attached hydrogens (tertiary/aromatic N) is 3. The molecule has 0 bridgehead atoms. The molecule has 2 fully saturated rings. The van der Waals surface area contributed by atoms with Crippen LogP contribution in [-0.4, -0.2) is 65.8 Å². The predicted molar refractivity (Wildman–Crippen MR) is 127 cm³/mol. The molecule has 0 aromatic heterocycles. The number of carbonyl (C=O) groups excluding carboxylic acids is 2. The monoisotopic (exact) mass is 451 g/mol. The maximum atomic E-state index is 13.3. The van der Waals surface area contributed by atoms with Crippen LogP contribution in [0.4, 0.5) is 4.39 Å². The molecule has 1 aliphatic heterocycles. The summed E-state index contributed by atoms with van der Waals surface area (Å²) in [6.45, 7) is 5.07. The minimum absolute atomic E-state index is 0.0700. The van der Waals surface area contributed by atoms with Crippen molar-refractivity contribution in [3.05, 3.63) is 71.5 Å². The Morgan fingerprint density at radius 1 is 0.879 bits per heavy atom. The van der Waals surface area contributed by atoms with E-state index in [-0.39, 0.29) is 17.6 Å². The molecule has 1 heterocycles. The highest BCUT2D eigenvalue weighted by Crippen LogP contribution is 2.27. The summed E-state index contributed by atoms with van der Waals surface area (Å²) in [6.07, 6.45) is 4.79. The second-order valence-electron chi connectivity index (χ2n) is 9.25. The molecule has 4 rings (SSSR count). The second-order valence-corrected chi connectivity index (χ2v) is 9.25. The van der Waals surface area contributed by atoms with Crippen LogP contribution < -0.4 is 0 Å². The molecule has 0 atom stereocenters. The molecule has 33 heavy (non-hydrogen) atoms. The van der Waals surface area contributed by atoms with Crippen LogP contribution in [0.25, 0.3) is 0 Å². The van der Waals surface area contributed by atoms with Gasteiger partial charge in [0, 0.05) is 51.7 Å². The first-order valence-corrected chi connectivity index (χ1v) is 12.2. The average Bonchev–Trinajstić information content (AvgIpc) is 3.38. The van der Waals surface area contributed by atoms with E-state index in [0.29, 0.717) is 25.4 Å². The zero-order valence-corrected chi connectivity index (χ0v) is 19.3. The molecule has 2 aromatic rings. The number of hydrogen-bond acceptors (Lipinski definition) is 3. The van der Waals surface area contributed by atoms with Gasteiger partial charge in [-0.1, -0.05) is 55.3 Å². The Bertz CT molecular complexity index is 905. The summed E-state index contributed by atoms with van der Waals surface area (Å²) in [6, 6.07) is 16.1. The van der Waals surface area contributed by atoms with Gasteiger partial charge in [0.25, 0.3) is 0 Å². The van der Waals surface area contributed by atoms with Crippen LogP contribution in [0.1, 0.15) is 36.8 Å². The standard InChI is InChI=1S/C27H34FN3O2/c28-25-12-10-23(11-13-25)21-31(26(32)20-22-6-2-1-3-7-22)19-16-29-14-17-30(18-15-29)27(33)24-8-4-5-9-24/h1-3,6-7,10-13,24H,4-5,8-9,14-21H2. The van der Waals surface area contributed by atoms with Gasteiger partial charge in [0.15, 0.2) is 0 Å². The molecule has 1 saturated heterocycles. The first-order valence-electron chi connectivity index (χ1n) is 12.2. The molecule has 5 nitrogen and oxygen atoms in total. The number of benzene rings is 2. The third-order valence-electron chi connectivity index (χ3n) is 6.91. The molecule has 1 aliphatic carbocycles. The average molecular weight is 452 g/mol. The van der Waals surface area contributed by atoms with Crippen molar-refractivity contribution < 1.29 is 14.0 Å². The summed E-state index contributed by atoms with van der Waals surface area (Å²) >= 11 is 0. The van der Waals surface area contributed by atoms with Gasteiger partial charge in [0.05, 0.1) is 6.42 Å². The first kappa shape index (κ1) is 23.4. The molecule has 2 aliphatic rings. The van der Waals surface area contributed by atoms with Crippen molar-refractivity contribution in [2.75, 3.05) is 39.3 Å². The Kier molecular flexibility index (Phi) is 8.10. The maximum absolute atomic E-state index is 13.3. The van der Waals surface area contributed by atoms with Gasteiger partial charge in [-0.05, 0) is 36.1 Å². The largest absolute Gasteiger partial charge is 0.340 e. The Morgan fingerprint density at radius 3 is 2.21 bits per heavy atom. The normalized spacial score (nSPS) is 17.3. The van der Waals surface area contributed by atoms with Gasteiger partial charge in [-0.3, -0.25) is 14.5 Å². The smallest absolute Gasteiger partial charge is 0.227 e. The highest BCUT2D eigenvalue weighted by atomic mass is 19.1. The fourth-order valence-corrected chi connectivity index (χ4v) is 4.87. The van der Waals surface area contributed by atoms with Crippen molar-refractivity contribution in [3.8, 4) is 0 Å². The van der Waals surface area contributed by atoms with Gasteiger partial charge in [-0.15, -0.1) is 0 Å². The van der Waals surface area contributed by atoms with Crippen LogP contribution in [0.3, 0.4) is 0 Å². The number of carbonyl (C=O) groups is 2. The summed E-state index contributed by atoms with van der Waals surface area (Å²) in [5.74, 6) is 0.369. The molecule has 1 saturated carbocycles. The lowest BCUT2D eigenvalue weighted by Crippen LogP contribution is -2.51. The van der Waals surface area contributed by atoms with Crippen molar-refractivity contribution in [1.29, 1.82) is 0 Å². The lowest BCUT2D eigenvalue weighted by Gasteiger charge is -2.37. The zero-order valence-electron chi connectivity index (χ0n) is 19.3. The predicted octanol–water partition coefficient (Wildman–Crippen LogP) is 3.73. The Morgan fingerprint density at radius 2 is 1.55 bits per heavy atom. The van der Waals surface area contributed by atoms with E-state index in [2.05, 4.69) is 4.90 Å². The van der Waals surface area contributed by atoms with Crippen LogP contribution in [0.2, 0.25) is 0 Å². The van der Waals surface area contributed by atoms with E-state index in [9.17, 15) is 14.0 Å². The quantitative estimate of drug-likeness (QED) is 0.614. The second kappa shape index (κ2) is 11.4. The Hall–Kier alpha value is -2.73. The molecule has 0 unspecified atom stereocenters. The Balaban J connectivity index is 1.32. The van der Waals surface area contributed by atoms with Crippen LogP contribution in [0.5, 0.6) is 0 Å². The highest BCUT2D eigenvalue weighted by molar-refractivity contribution is 5.79. The third-order valence-corrected chi connectivity index (χ3v) is 6.91. The molecule has 0 N–H and O–H groups in total. The highest BCUT2D eigenvalue weighted by Gasteiger charge is 2.29. The first-order chi connectivity index (χ1) is 16.1. The Labute approximate surface area is 196 Å². The number of halogens is 1. The van der Waals surface area contributed by atoms with Gasteiger partial charge in [0.1, 0.15) is 5.82 Å². The summed E-state index contributed by atoms with van der Waals surface area (Å²) < 4.78 is 13.3. The third kappa shape index (κ3) is 6.64. The van der Waals surface area contributed by atoms with E-state index in [4.69, 9.17) is 0 Å². The molecular formula is C27H34FN3O2. The molecule has 2 amide bonds. The molecule has 176 valence electrons. The topological polar surface area (TPSA) is 43.9 Å². The van der Waals surface area contributed by atoms with Crippen LogP contribution in [0.15, 0.2) is 54.6 Å². The van der Waals surface area contributed by atoms with E-state index in [0.717, 1.165) is 56.7 Å². The number of rotatable bonds is 8. The lowest BCUT2D eigenvalue weighted by molar-refractivity contribution is -0.137. The molecular weight excluding hydrogens is 417 g/mol. The van der Waals surface area contributed by atoms with Crippen LogP contribution >= 0.6 is 0 Å². The van der Waals surface area contributed by atoms with Crippen LogP contribution in [-0.2, 0) is 22.6 Å². The molecule has 0 radical (unpaired) electrons. The number of hydrogen-bond donors (Lipinski definition) is 0. The van der Waals surface area contributed by atoms with Gasteiger partial charge in [-0.25, -0.2) is 4.39 Å². The van der Waals surface area contributed by atoms with E-state index in [1.807, 2.05) is 40.1 Å². The summed E-state index contributed by atoms with van der Waals surface area (Å²) in [4.78, 5) is 32.1. The van der Waals surface area contributed by atoms with Gasteiger partial charge in [-0.2, -0.15) is 0 Å². The summed E-state index contributed by atoms with van der Waals surface area (Å²) in [7, 11) is 0. The van der Waals surface area contributed by atoms with Gasteiger partial charge in [0.2, 0.25) is 11.8 Å². The molecule has 0 spiro atoms. The van der Waals surface area contributed by atoms with Gasteiger partial charge >= 0.3 is 0 Å². The van der Waals surface area contributed by atoms with E-state index >= 15 is 0 Å².